The highest BCUT2D eigenvalue weighted by Crippen LogP contribution is 2.43. The first-order valence-corrected chi connectivity index (χ1v) is 21.8. The molecule has 4 N–H and O–H groups in total. The Kier molecular flexibility index (Phi) is 35.2. The van der Waals surface area contributed by atoms with Crippen molar-refractivity contribution in [3.05, 3.63) is 60.8 Å². The largest absolute Gasteiger partial charge is 0.480 e. The molecule has 54 heavy (non-hydrogen) atoms. The van der Waals surface area contributed by atoms with Crippen LogP contribution in [0.4, 0.5) is 0 Å². The number of phosphoric ester groups is 1. The van der Waals surface area contributed by atoms with Crippen LogP contribution in [-0.2, 0) is 37.5 Å². The Morgan fingerprint density at radius 3 is 1.57 bits per heavy atom. The third-order valence-electron chi connectivity index (χ3n) is 8.24. The summed E-state index contributed by atoms with van der Waals surface area (Å²) in [5.41, 5.74) is 5.32. The van der Waals surface area contributed by atoms with Crippen molar-refractivity contribution in [3.8, 4) is 0 Å². The fraction of sp³-hybridized carbons (Fsp3) is 0.690. The molecule has 0 heterocycles. The van der Waals surface area contributed by atoms with Crippen LogP contribution < -0.4 is 5.73 Å². The number of allylic oxidation sites excluding steroid dienone is 10. The van der Waals surface area contributed by atoms with Gasteiger partial charge in [-0.1, -0.05) is 126 Å². The monoisotopic (exact) mass is 781 g/mol. The first-order chi connectivity index (χ1) is 26.1. The molecular formula is C42H72NO10P. The number of aliphatic carboxylic acids is 1. The zero-order valence-electron chi connectivity index (χ0n) is 33.3. The third-order valence-corrected chi connectivity index (χ3v) is 9.19. The van der Waals surface area contributed by atoms with E-state index in [1.165, 1.54) is 44.9 Å². The van der Waals surface area contributed by atoms with Crippen LogP contribution in [0.15, 0.2) is 60.8 Å². The Balaban J connectivity index is 4.54. The molecule has 11 nitrogen and oxygen atoms in total. The highest BCUT2D eigenvalue weighted by molar-refractivity contribution is 7.47. The van der Waals surface area contributed by atoms with Crippen LogP contribution in [-0.4, -0.2) is 59.9 Å². The molecule has 0 aromatic heterocycles. The Bertz CT molecular complexity index is 1150. The van der Waals surface area contributed by atoms with Crippen molar-refractivity contribution < 1.29 is 47.5 Å². The molecule has 0 aliphatic rings. The molecule has 0 spiro atoms. The van der Waals surface area contributed by atoms with E-state index in [-0.39, 0.29) is 19.4 Å². The van der Waals surface area contributed by atoms with E-state index in [9.17, 15) is 23.8 Å². The van der Waals surface area contributed by atoms with E-state index in [1.54, 1.807) is 0 Å². The Hall–Kier alpha value is -2.82. The summed E-state index contributed by atoms with van der Waals surface area (Å²) < 4.78 is 32.5. The van der Waals surface area contributed by atoms with Crippen LogP contribution in [0.1, 0.15) is 155 Å². The Morgan fingerprint density at radius 1 is 0.574 bits per heavy atom. The molecule has 0 fully saturated rings. The number of carboxylic acids is 1. The number of rotatable bonds is 37. The summed E-state index contributed by atoms with van der Waals surface area (Å²) in [6, 6.07) is -1.53. The predicted molar refractivity (Wildman–Crippen MR) is 217 cm³/mol. The minimum absolute atomic E-state index is 0.0813. The van der Waals surface area contributed by atoms with Crippen molar-refractivity contribution in [2.24, 2.45) is 5.73 Å². The molecule has 0 rings (SSSR count). The van der Waals surface area contributed by atoms with Crippen molar-refractivity contribution >= 4 is 25.7 Å². The summed E-state index contributed by atoms with van der Waals surface area (Å²) in [5, 5.41) is 8.87. The highest BCUT2D eigenvalue weighted by Gasteiger charge is 2.28. The van der Waals surface area contributed by atoms with Gasteiger partial charge in [0.05, 0.1) is 13.2 Å². The molecule has 0 aliphatic heterocycles. The molecule has 0 aromatic carbocycles. The van der Waals surface area contributed by atoms with E-state index in [4.69, 9.17) is 24.8 Å². The van der Waals surface area contributed by atoms with Crippen molar-refractivity contribution in [2.45, 2.75) is 167 Å². The van der Waals surface area contributed by atoms with E-state index >= 15 is 0 Å². The van der Waals surface area contributed by atoms with Crippen LogP contribution in [0, 0.1) is 0 Å². The number of hydrogen-bond donors (Lipinski definition) is 3. The van der Waals surface area contributed by atoms with Gasteiger partial charge in [-0.25, -0.2) is 4.57 Å². The lowest BCUT2D eigenvalue weighted by molar-refractivity contribution is -0.161. The number of unbranched alkanes of at least 4 members (excludes halogenated alkanes) is 13. The van der Waals surface area contributed by atoms with E-state index in [0.29, 0.717) is 19.3 Å². The van der Waals surface area contributed by atoms with Gasteiger partial charge < -0.3 is 25.2 Å². The molecule has 0 amide bonds. The number of hydrogen-bond acceptors (Lipinski definition) is 9. The maximum absolute atomic E-state index is 12.6. The molecular weight excluding hydrogens is 709 g/mol. The van der Waals surface area contributed by atoms with Crippen molar-refractivity contribution in [2.75, 3.05) is 19.8 Å². The lowest BCUT2D eigenvalue weighted by atomic mass is 10.1. The van der Waals surface area contributed by atoms with Crippen LogP contribution in [0.25, 0.3) is 0 Å². The van der Waals surface area contributed by atoms with Gasteiger partial charge in [-0.2, -0.15) is 0 Å². The summed E-state index contributed by atoms with van der Waals surface area (Å²) in [4.78, 5) is 45.8. The standard InChI is InChI=1S/C42H72NO10P/c1-3-5-7-9-11-13-15-17-18-19-20-22-24-26-28-30-32-34-41(45)53-38(36-51-54(48,49)52-37-39(43)42(46)47)35-50-40(44)33-31-29-27-25-23-21-16-14-12-10-8-6-4-2/h11,13-14,16-18,20,22,26,28,38-39H,3-10,12,15,19,21,23-25,27,29-37,43H2,1-2H3,(H,46,47)(H,48,49). The van der Waals surface area contributed by atoms with Crippen LogP contribution >= 0.6 is 7.82 Å². The second-order valence-electron chi connectivity index (χ2n) is 13.4. The minimum Gasteiger partial charge on any atom is -0.480 e. The SMILES string of the molecule is CCCCCC=CCC=CCC=CCC=CCCCC(=O)OC(COC(=O)CCCCCCCC=CCCCCCC)COP(=O)(O)OCC(N)C(=O)O. The zero-order valence-corrected chi connectivity index (χ0v) is 34.2. The molecule has 3 unspecified atom stereocenters. The lowest BCUT2D eigenvalue weighted by Gasteiger charge is -2.20. The van der Waals surface area contributed by atoms with E-state index in [0.717, 1.165) is 64.2 Å². The number of esters is 2. The summed E-state index contributed by atoms with van der Waals surface area (Å²) >= 11 is 0. The van der Waals surface area contributed by atoms with Gasteiger partial charge in [-0.15, -0.1) is 0 Å². The minimum atomic E-state index is -4.73. The lowest BCUT2D eigenvalue weighted by Crippen LogP contribution is -2.34. The molecule has 0 radical (unpaired) electrons. The first kappa shape index (κ1) is 51.2. The van der Waals surface area contributed by atoms with Gasteiger partial charge in [-0.3, -0.25) is 23.4 Å². The first-order valence-electron chi connectivity index (χ1n) is 20.3. The number of carbonyl (C=O) groups excluding carboxylic acids is 2. The van der Waals surface area contributed by atoms with Crippen LogP contribution in [0.5, 0.6) is 0 Å². The van der Waals surface area contributed by atoms with E-state index < -0.39 is 51.1 Å². The summed E-state index contributed by atoms with van der Waals surface area (Å²) in [5.74, 6) is -2.47. The normalized spacial score (nSPS) is 14.4. The second-order valence-corrected chi connectivity index (χ2v) is 14.9. The topological polar surface area (TPSA) is 172 Å². The van der Waals surface area contributed by atoms with Gasteiger partial charge in [0.1, 0.15) is 12.6 Å². The fourth-order valence-electron chi connectivity index (χ4n) is 4.99. The Morgan fingerprint density at radius 2 is 1.00 bits per heavy atom. The predicted octanol–water partition coefficient (Wildman–Crippen LogP) is 10.4. The van der Waals surface area contributed by atoms with Crippen molar-refractivity contribution in [1.29, 1.82) is 0 Å². The summed E-state index contributed by atoms with van der Waals surface area (Å²) in [7, 11) is -4.73. The Labute approximate surface area is 326 Å². The van der Waals surface area contributed by atoms with Gasteiger partial charge in [0.25, 0.3) is 0 Å². The average molecular weight is 782 g/mol. The van der Waals surface area contributed by atoms with Crippen LogP contribution in [0.3, 0.4) is 0 Å². The van der Waals surface area contributed by atoms with Crippen molar-refractivity contribution in [1.82, 2.24) is 0 Å². The van der Waals surface area contributed by atoms with Gasteiger partial charge in [0.2, 0.25) is 0 Å². The van der Waals surface area contributed by atoms with Crippen molar-refractivity contribution in [3.63, 3.8) is 0 Å². The maximum Gasteiger partial charge on any atom is 0.472 e. The third kappa shape index (κ3) is 36.2. The molecule has 310 valence electrons. The van der Waals surface area contributed by atoms with Gasteiger partial charge in [0, 0.05) is 12.8 Å². The molecule has 12 heteroatoms. The van der Waals surface area contributed by atoms with Crippen LogP contribution in [0.2, 0.25) is 0 Å². The number of ether oxygens (including phenoxy) is 2. The molecule has 0 aliphatic carbocycles. The molecule has 3 atom stereocenters. The second kappa shape index (κ2) is 37.1. The number of phosphoric acid groups is 1. The van der Waals surface area contributed by atoms with Gasteiger partial charge in [-0.05, 0) is 77.0 Å². The number of carboxylic acid groups (broad SMARTS) is 1. The van der Waals surface area contributed by atoms with Gasteiger partial charge >= 0.3 is 25.7 Å². The van der Waals surface area contributed by atoms with E-state index in [2.05, 4.69) is 67.0 Å². The summed E-state index contributed by atoms with van der Waals surface area (Å²) in [6.45, 7) is 2.67. The molecule has 0 saturated heterocycles. The summed E-state index contributed by atoms with van der Waals surface area (Å²) in [6.07, 6.45) is 41.5. The number of carbonyl (C=O) groups is 3. The quantitative estimate of drug-likeness (QED) is 0.0237. The van der Waals surface area contributed by atoms with E-state index in [1.807, 2.05) is 12.2 Å². The fourth-order valence-corrected chi connectivity index (χ4v) is 5.77. The average Bonchev–Trinajstić information content (AvgIpc) is 3.14. The molecule has 0 saturated carbocycles. The highest BCUT2D eigenvalue weighted by atomic mass is 31.2. The zero-order chi connectivity index (χ0) is 40.0. The molecule has 0 aromatic rings. The smallest absolute Gasteiger partial charge is 0.472 e. The number of nitrogens with two attached hydrogens (primary N) is 1. The maximum atomic E-state index is 12.6. The molecule has 0 bridgehead atoms. The van der Waals surface area contributed by atoms with Gasteiger partial charge in [0.15, 0.2) is 6.10 Å².